The summed E-state index contributed by atoms with van der Waals surface area (Å²) in [4.78, 5) is 28.3. The minimum atomic E-state index is -0.126. The molecule has 0 aliphatic heterocycles. The van der Waals surface area contributed by atoms with Gasteiger partial charge in [0, 0.05) is 23.9 Å². The fraction of sp³-hybridized carbons (Fsp3) is 0.308. The molecule has 0 atom stereocenters. The molecule has 0 aliphatic rings. The number of hydrogen-bond donors (Lipinski definition) is 1. The first-order valence-electron chi connectivity index (χ1n) is 6.00. The van der Waals surface area contributed by atoms with Crippen LogP contribution in [0.4, 0.5) is 5.95 Å². The number of anilines is 1. The second-order valence-electron chi connectivity index (χ2n) is 4.42. The van der Waals surface area contributed by atoms with E-state index in [-0.39, 0.29) is 17.8 Å². The summed E-state index contributed by atoms with van der Waals surface area (Å²) in [6.45, 7) is 5.38. The van der Waals surface area contributed by atoms with Crippen molar-refractivity contribution in [3.05, 3.63) is 30.4 Å². The second-order valence-corrected chi connectivity index (χ2v) is 4.42. The third-order valence-corrected chi connectivity index (χ3v) is 2.43. The van der Waals surface area contributed by atoms with Gasteiger partial charge in [-0.25, -0.2) is 4.98 Å². The van der Waals surface area contributed by atoms with Gasteiger partial charge in [-0.15, -0.1) is 0 Å². The molecule has 0 spiro atoms. The number of pyridine rings is 1. The molecule has 6 heteroatoms. The van der Waals surface area contributed by atoms with E-state index in [4.69, 9.17) is 0 Å². The summed E-state index contributed by atoms with van der Waals surface area (Å²) in [7, 11) is 0. The van der Waals surface area contributed by atoms with Gasteiger partial charge in [0.05, 0.1) is 0 Å². The van der Waals surface area contributed by atoms with Gasteiger partial charge in [-0.2, -0.15) is 9.97 Å². The molecule has 19 heavy (non-hydrogen) atoms. The Morgan fingerprint density at radius 1 is 1.26 bits per heavy atom. The molecule has 2 heterocycles. The van der Waals surface area contributed by atoms with Crippen molar-refractivity contribution < 1.29 is 4.79 Å². The van der Waals surface area contributed by atoms with E-state index in [1.807, 2.05) is 19.9 Å². The lowest BCUT2D eigenvalue weighted by Crippen LogP contribution is -2.20. The smallest absolute Gasteiger partial charge is 0.233 e. The van der Waals surface area contributed by atoms with Crippen LogP contribution in [0.15, 0.2) is 24.5 Å². The fourth-order valence-electron chi connectivity index (χ4n) is 1.42. The highest BCUT2D eigenvalue weighted by Gasteiger charge is 2.11. The van der Waals surface area contributed by atoms with E-state index in [1.54, 1.807) is 25.4 Å². The maximum Gasteiger partial charge on any atom is 0.233 e. The largest absolute Gasteiger partial charge is 0.294 e. The minimum Gasteiger partial charge on any atom is -0.294 e. The first-order valence-corrected chi connectivity index (χ1v) is 6.00. The van der Waals surface area contributed by atoms with Crippen LogP contribution in [0.2, 0.25) is 0 Å². The molecule has 0 aliphatic carbocycles. The van der Waals surface area contributed by atoms with Gasteiger partial charge in [-0.3, -0.25) is 15.1 Å². The van der Waals surface area contributed by atoms with Crippen molar-refractivity contribution in [3.63, 3.8) is 0 Å². The molecular weight excluding hydrogens is 242 g/mol. The van der Waals surface area contributed by atoms with Gasteiger partial charge in [0.2, 0.25) is 11.9 Å². The summed E-state index contributed by atoms with van der Waals surface area (Å²) >= 11 is 0. The van der Waals surface area contributed by atoms with Crippen molar-refractivity contribution in [2.24, 2.45) is 5.92 Å². The predicted octanol–water partition coefficient (Wildman–Crippen LogP) is 1.84. The van der Waals surface area contributed by atoms with Gasteiger partial charge in [-0.1, -0.05) is 13.8 Å². The first-order chi connectivity index (χ1) is 9.06. The lowest BCUT2D eigenvalue weighted by molar-refractivity contribution is -0.118. The Hall–Kier alpha value is -2.37. The van der Waals surface area contributed by atoms with Crippen LogP contribution in [0, 0.1) is 12.8 Å². The van der Waals surface area contributed by atoms with Crippen molar-refractivity contribution in [2.75, 3.05) is 5.32 Å². The number of carbonyl (C=O) groups excluding carboxylic acids is 1. The number of rotatable bonds is 3. The Balaban J connectivity index is 2.33. The van der Waals surface area contributed by atoms with E-state index in [0.717, 1.165) is 5.56 Å². The highest BCUT2D eigenvalue weighted by Crippen LogP contribution is 2.14. The summed E-state index contributed by atoms with van der Waals surface area (Å²) in [5.41, 5.74) is 0.785. The molecule has 0 unspecified atom stereocenters. The Labute approximate surface area is 111 Å². The molecule has 0 saturated heterocycles. The van der Waals surface area contributed by atoms with Crippen molar-refractivity contribution in [1.82, 2.24) is 19.9 Å². The summed E-state index contributed by atoms with van der Waals surface area (Å²) in [6.07, 6.45) is 3.35. The second kappa shape index (κ2) is 5.51. The fourth-order valence-corrected chi connectivity index (χ4v) is 1.42. The zero-order chi connectivity index (χ0) is 13.8. The van der Waals surface area contributed by atoms with E-state index in [2.05, 4.69) is 25.3 Å². The molecule has 2 aromatic rings. The van der Waals surface area contributed by atoms with Gasteiger partial charge in [0.25, 0.3) is 0 Å². The van der Waals surface area contributed by atoms with Gasteiger partial charge >= 0.3 is 0 Å². The Morgan fingerprint density at radius 3 is 2.68 bits per heavy atom. The van der Waals surface area contributed by atoms with E-state index in [1.165, 1.54) is 0 Å². The standard InChI is InChI=1S/C13H15N5O/c1-8(2)12(19)18-13-16-9(3)15-11(17-13)10-5-4-6-14-7-10/h4-8H,1-3H3,(H,15,16,17,18,19). The van der Waals surface area contributed by atoms with Crippen molar-refractivity contribution in [2.45, 2.75) is 20.8 Å². The highest BCUT2D eigenvalue weighted by atomic mass is 16.1. The van der Waals surface area contributed by atoms with Crippen molar-refractivity contribution >= 4 is 11.9 Å². The maximum absolute atomic E-state index is 11.6. The van der Waals surface area contributed by atoms with Crippen molar-refractivity contribution in [1.29, 1.82) is 0 Å². The molecule has 0 saturated carbocycles. The number of nitrogens with one attached hydrogen (secondary N) is 1. The Kier molecular flexibility index (Phi) is 3.79. The first kappa shape index (κ1) is 13.1. The quantitative estimate of drug-likeness (QED) is 0.907. The van der Waals surface area contributed by atoms with E-state index in [9.17, 15) is 4.79 Å². The molecule has 2 rings (SSSR count). The molecule has 98 valence electrons. The van der Waals surface area contributed by atoms with Crippen LogP contribution in [0.3, 0.4) is 0 Å². The van der Waals surface area contributed by atoms with Crippen LogP contribution in [0.5, 0.6) is 0 Å². The highest BCUT2D eigenvalue weighted by molar-refractivity contribution is 5.90. The molecular formula is C13H15N5O. The van der Waals surface area contributed by atoms with Gasteiger partial charge in [0.1, 0.15) is 5.82 Å². The van der Waals surface area contributed by atoms with Crippen LogP contribution in [-0.4, -0.2) is 25.8 Å². The van der Waals surface area contributed by atoms with E-state index < -0.39 is 0 Å². The van der Waals surface area contributed by atoms with Gasteiger partial charge in [-0.05, 0) is 19.1 Å². The van der Waals surface area contributed by atoms with E-state index in [0.29, 0.717) is 11.6 Å². The molecule has 1 N–H and O–H groups in total. The average Bonchev–Trinajstić information content (AvgIpc) is 2.39. The molecule has 0 aromatic carbocycles. The number of carbonyl (C=O) groups is 1. The number of nitrogens with zero attached hydrogens (tertiary/aromatic N) is 4. The monoisotopic (exact) mass is 257 g/mol. The van der Waals surface area contributed by atoms with Crippen LogP contribution in [0.1, 0.15) is 19.7 Å². The molecule has 1 amide bonds. The Morgan fingerprint density at radius 2 is 2.05 bits per heavy atom. The summed E-state index contributed by atoms with van der Waals surface area (Å²) < 4.78 is 0. The predicted molar refractivity (Wildman–Crippen MR) is 71.3 cm³/mol. The topological polar surface area (TPSA) is 80.7 Å². The zero-order valence-corrected chi connectivity index (χ0v) is 11.1. The SMILES string of the molecule is Cc1nc(NC(=O)C(C)C)nc(-c2cccnc2)n1. The van der Waals surface area contributed by atoms with Crippen LogP contribution in [-0.2, 0) is 4.79 Å². The summed E-state index contributed by atoms with van der Waals surface area (Å²) in [5.74, 6) is 1.07. The van der Waals surface area contributed by atoms with Crippen LogP contribution in [0.25, 0.3) is 11.4 Å². The average molecular weight is 257 g/mol. The lowest BCUT2D eigenvalue weighted by Gasteiger charge is -2.08. The summed E-state index contributed by atoms with van der Waals surface area (Å²) in [5, 5.41) is 2.67. The van der Waals surface area contributed by atoms with Gasteiger partial charge in [0.15, 0.2) is 5.82 Å². The number of aryl methyl sites for hydroxylation is 1. The normalized spacial score (nSPS) is 10.5. The van der Waals surface area contributed by atoms with Gasteiger partial charge < -0.3 is 0 Å². The maximum atomic E-state index is 11.6. The Bertz CT molecular complexity index is 583. The summed E-state index contributed by atoms with van der Waals surface area (Å²) in [6, 6.07) is 3.66. The number of hydrogen-bond acceptors (Lipinski definition) is 5. The molecule has 0 fully saturated rings. The number of aromatic nitrogens is 4. The minimum absolute atomic E-state index is 0.122. The zero-order valence-electron chi connectivity index (χ0n) is 11.1. The molecule has 2 aromatic heterocycles. The lowest BCUT2D eigenvalue weighted by atomic mass is 10.2. The molecule has 0 radical (unpaired) electrons. The third kappa shape index (κ3) is 3.31. The van der Waals surface area contributed by atoms with Crippen LogP contribution >= 0.6 is 0 Å². The van der Waals surface area contributed by atoms with E-state index >= 15 is 0 Å². The number of amides is 1. The molecule has 6 nitrogen and oxygen atoms in total. The van der Waals surface area contributed by atoms with Crippen molar-refractivity contribution in [3.8, 4) is 11.4 Å². The third-order valence-electron chi connectivity index (χ3n) is 2.43. The molecule has 0 bridgehead atoms. The van der Waals surface area contributed by atoms with Crippen LogP contribution < -0.4 is 5.32 Å².